The number of nitrogens with zero attached hydrogens (tertiary/aromatic N) is 2. The Bertz CT molecular complexity index is 1500. The van der Waals surface area contributed by atoms with E-state index in [4.69, 9.17) is 31.5 Å². The van der Waals surface area contributed by atoms with Crippen LogP contribution in [-0.2, 0) is 0 Å². The van der Waals surface area contributed by atoms with E-state index < -0.39 is 0 Å². The van der Waals surface area contributed by atoms with Crippen LogP contribution in [-0.4, -0.2) is 23.8 Å². The summed E-state index contributed by atoms with van der Waals surface area (Å²) < 4.78 is 12.9. The molecule has 0 saturated carbocycles. The Labute approximate surface area is 195 Å². The zero-order valence-corrected chi connectivity index (χ0v) is 18.9. The molecule has 6 nitrogen and oxygen atoms in total. The van der Waals surface area contributed by atoms with E-state index in [1.165, 1.54) is 0 Å². The molecule has 0 fully saturated rings. The van der Waals surface area contributed by atoms with Gasteiger partial charge in [-0.1, -0.05) is 23.7 Å². The standard InChI is InChI=1S/C26H21ClN4O2/c1-32-18-11-12-21(26(13-18)33-2)30-22-15-23-25(14-19(22)28)31(17-9-7-16(27)8-10-17)24-6-4-3-5-20(24)29-23/h3-15,28,30H,1-2H3. The second kappa shape index (κ2) is 8.48. The predicted octanol–water partition coefficient (Wildman–Crippen LogP) is 6.02. The van der Waals surface area contributed by atoms with Gasteiger partial charge in [-0.05, 0) is 60.7 Å². The summed E-state index contributed by atoms with van der Waals surface area (Å²) in [4.78, 5) is 4.87. The number of hydrogen-bond acceptors (Lipinski definition) is 5. The summed E-state index contributed by atoms with van der Waals surface area (Å²) in [6.45, 7) is 0. The lowest BCUT2D eigenvalue weighted by Crippen LogP contribution is -2.14. The normalized spacial score (nSPS) is 11.0. The van der Waals surface area contributed by atoms with Crippen molar-refractivity contribution >= 4 is 34.0 Å². The fourth-order valence-corrected chi connectivity index (χ4v) is 4.00. The summed E-state index contributed by atoms with van der Waals surface area (Å²) in [7, 11) is 3.21. The number of rotatable bonds is 5. The van der Waals surface area contributed by atoms with Crippen LogP contribution < -0.4 is 20.1 Å². The van der Waals surface area contributed by atoms with Crippen molar-refractivity contribution in [3.63, 3.8) is 0 Å². The Balaban J connectivity index is 1.70. The van der Waals surface area contributed by atoms with E-state index in [1.54, 1.807) is 20.3 Å². The highest BCUT2D eigenvalue weighted by molar-refractivity contribution is 6.30. The molecule has 7 heteroatoms. The van der Waals surface area contributed by atoms with Gasteiger partial charge in [-0.3, -0.25) is 5.41 Å². The molecule has 0 spiro atoms. The van der Waals surface area contributed by atoms with Crippen molar-refractivity contribution in [1.82, 2.24) is 9.55 Å². The van der Waals surface area contributed by atoms with Gasteiger partial charge in [0.15, 0.2) is 0 Å². The average molecular weight is 457 g/mol. The summed E-state index contributed by atoms with van der Waals surface area (Å²) in [5.41, 5.74) is 5.69. The number of hydrogen-bond donors (Lipinski definition) is 2. The minimum Gasteiger partial charge on any atom is -0.497 e. The molecule has 1 aliphatic heterocycles. The van der Waals surface area contributed by atoms with Gasteiger partial charge in [0.25, 0.3) is 0 Å². The fourth-order valence-electron chi connectivity index (χ4n) is 3.87. The second-order valence-electron chi connectivity index (χ2n) is 7.49. The Morgan fingerprint density at radius 1 is 0.879 bits per heavy atom. The molecule has 0 saturated heterocycles. The van der Waals surface area contributed by atoms with Crippen LogP contribution in [0.25, 0.3) is 28.1 Å². The zero-order chi connectivity index (χ0) is 22.9. The molecule has 3 aromatic carbocycles. The minimum absolute atomic E-state index is 0.333. The van der Waals surface area contributed by atoms with Crippen LogP contribution in [0.1, 0.15) is 0 Å². The number of ether oxygens (including phenoxy) is 2. The van der Waals surface area contributed by atoms with E-state index in [-0.39, 0.29) is 0 Å². The zero-order valence-electron chi connectivity index (χ0n) is 18.1. The maximum absolute atomic E-state index is 8.72. The lowest BCUT2D eigenvalue weighted by molar-refractivity contribution is 0.395. The van der Waals surface area contributed by atoms with E-state index in [0.717, 1.165) is 33.8 Å². The molecular formula is C26H21ClN4O2. The van der Waals surface area contributed by atoms with Crippen LogP contribution >= 0.6 is 11.6 Å². The molecule has 2 N–H and O–H groups in total. The molecular weight excluding hydrogens is 436 g/mol. The van der Waals surface area contributed by atoms with Crippen molar-refractivity contribution in [3.8, 4) is 28.6 Å². The number of para-hydroxylation sites is 2. The summed E-state index contributed by atoms with van der Waals surface area (Å²) in [6, 6.07) is 24.8. The first-order valence-electron chi connectivity index (χ1n) is 10.3. The highest BCUT2D eigenvalue weighted by Crippen LogP contribution is 2.33. The molecule has 0 amide bonds. The number of methoxy groups -OCH3 is 2. The van der Waals surface area contributed by atoms with Crippen molar-refractivity contribution in [1.29, 1.82) is 5.41 Å². The third-order valence-corrected chi connectivity index (χ3v) is 5.73. The summed E-state index contributed by atoms with van der Waals surface area (Å²) in [5.74, 6) is 1.32. The number of benzene rings is 4. The van der Waals surface area contributed by atoms with Gasteiger partial charge in [0.1, 0.15) is 11.5 Å². The van der Waals surface area contributed by atoms with Crippen LogP contribution in [0.3, 0.4) is 0 Å². The molecule has 0 aromatic heterocycles. The molecule has 0 unspecified atom stereocenters. The van der Waals surface area contributed by atoms with Crippen LogP contribution in [0.15, 0.2) is 78.9 Å². The van der Waals surface area contributed by atoms with Crippen molar-refractivity contribution in [2.24, 2.45) is 0 Å². The van der Waals surface area contributed by atoms with Gasteiger partial charge in [-0.25, -0.2) is 4.98 Å². The highest BCUT2D eigenvalue weighted by Gasteiger charge is 2.17. The molecule has 0 radical (unpaired) electrons. The first kappa shape index (κ1) is 20.8. The lowest BCUT2D eigenvalue weighted by atomic mass is 10.1. The number of halogens is 1. The monoisotopic (exact) mass is 456 g/mol. The van der Waals surface area contributed by atoms with E-state index in [2.05, 4.69) is 9.88 Å². The van der Waals surface area contributed by atoms with Gasteiger partial charge < -0.3 is 19.4 Å². The van der Waals surface area contributed by atoms with Crippen molar-refractivity contribution in [2.75, 3.05) is 19.5 Å². The van der Waals surface area contributed by atoms with E-state index in [0.29, 0.717) is 27.6 Å². The lowest BCUT2D eigenvalue weighted by Gasteiger charge is -2.20. The van der Waals surface area contributed by atoms with Gasteiger partial charge in [0.2, 0.25) is 0 Å². The topological polar surface area (TPSA) is 72.2 Å². The van der Waals surface area contributed by atoms with Crippen LogP contribution in [0.4, 0.5) is 11.4 Å². The van der Waals surface area contributed by atoms with Crippen molar-refractivity contribution in [3.05, 3.63) is 89.2 Å². The number of aromatic nitrogens is 2. The summed E-state index contributed by atoms with van der Waals surface area (Å²) in [6.07, 6.45) is 0. The smallest absolute Gasteiger partial charge is 0.145 e. The predicted molar refractivity (Wildman–Crippen MR) is 131 cm³/mol. The molecule has 1 aliphatic carbocycles. The average Bonchev–Trinajstić information content (AvgIpc) is 2.84. The van der Waals surface area contributed by atoms with Crippen LogP contribution in [0.5, 0.6) is 11.5 Å². The largest absolute Gasteiger partial charge is 0.497 e. The quantitative estimate of drug-likeness (QED) is 0.317. The SMILES string of the molecule is COc1ccc(Nc2cc3nc4ccccc4n(-c4ccc(Cl)cc4)c-3cc2=N)c(OC)c1. The number of nitrogens with one attached hydrogen (secondary N) is 2. The molecule has 1 heterocycles. The van der Waals surface area contributed by atoms with Gasteiger partial charge in [-0.2, -0.15) is 0 Å². The van der Waals surface area contributed by atoms with Crippen LogP contribution in [0.2, 0.25) is 5.02 Å². The Hall–Kier alpha value is -4.03. The molecule has 3 aromatic rings. The maximum Gasteiger partial charge on any atom is 0.145 e. The Morgan fingerprint density at radius 3 is 2.42 bits per heavy atom. The number of fused-ring (bicyclic) bond motifs is 2. The summed E-state index contributed by atoms with van der Waals surface area (Å²) in [5, 5.41) is 13.0. The van der Waals surface area contributed by atoms with E-state index >= 15 is 0 Å². The Morgan fingerprint density at radius 2 is 1.67 bits per heavy atom. The molecule has 0 bridgehead atoms. The first-order valence-corrected chi connectivity index (χ1v) is 10.7. The van der Waals surface area contributed by atoms with E-state index in [9.17, 15) is 0 Å². The fraction of sp³-hybridized carbons (Fsp3) is 0.0769. The van der Waals surface area contributed by atoms with Gasteiger partial charge in [0, 0.05) is 16.8 Å². The van der Waals surface area contributed by atoms with Crippen molar-refractivity contribution in [2.45, 2.75) is 0 Å². The second-order valence-corrected chi connectivity index (χ2v) is 7.93. The Kier molecular flexibility index (Phi) is 5.36. The first-order chi connectivity index (χ1) is 16.1. The molecule has 5 rings (SSSR count). The summed E-state index contributed by atoms with van der Waals surface area (Å²) >= 11 is 6.12. The van der Waals surface area contributed by atoms with Gasteiger partial charge in [-0.15, -0.1) is 0 Å². The molecule has 2 aliphatic rings. The molecule has 164 valence electrons. The third-order valence-electron chi connectivity index (χ3n) is 5.48. The van der Waals surface area contributed by atoms with Gasteiger partial charge >= 0.3 is 0 Å². The van der Waals surface area contributed by atoms with Gasteiger partial charge in [0.05, 0.1) is 53.4 Å². The molecule has 33 heavy (non-hydrogen) atoms. The van der Waals surface area contributed by atoms with Crippen molar-refractivity contribution < 1.29 is 9.47 Å². The van der Waals surface area contributed by atoms with Crippen LogP contribution in [0, 0.1) is 5.41 Å². The maximum atomic E-state index is 8.72. The molecule has 0 atom stereocenters. The minimum atomic E-state index is 0.333. The highest BCUT2D eigenvalue weighted by atomic mass is 35.5. The number of anilines is 2. The third kappa shape index (κ3) is 3.85. The van der Waals surface area contributed by atoms with E-state index in [1.807, 2.05) is 72.8 Å².